The normalized spacial score (nSPS) is 43.9. The van der Waals surface area contributed by atoms with Gasteiger partial charge in [-0.25, -0.2) is 0 Å². The number of aliphatic hydroxyl groups is 1. The largest absolute Gasteiger partial charge is 0.365 e. The van der Waals surface area contributed by atoms with Gasteiger partial charge < -0.3 is 14.6 Å². The van der Waals surface area contributed by atoms with Crippen LogP contribution in [0.4, 0.5) is 0 Å². The molecule has 0 spiro atoms. The fourth-order valence-electron chi connectivity index (χ4n) is 3.17. The van der Waals surface area contributed by atoms with E-state index in [9.17, 15) is 5.11 Å². The molecule has 1 aliphatic carbocycles. The van der Waals surface area contributed by atoms with Crippen molar-refractivity contribution in [1.29, 1.82) is 0 Å². The van der Waals surface area contributed by atoms with Gasteiger partial charge in [0.15, 0.2) is 12.1 Å². The summed E-state index contributed by atoms with van der Waals surface area (Å²) < 4.78 is 11.5. The van der Waals surface area contributed by atoms with Gasteiger partial charge in [-0.15, -0.1) is 0 Å². The molecule has 4 atom stereocenters. The van der Waals surface area contributed by atoms with Crippen LogP contribution in [-0.4, -0.2) is 28.8 Å². The van der Waals surface area contributed by atoms with Crippen molar-refractivity contribution >= 4 is 0 Å². The molecule has 2 fully saturated rings. The predicted octanol–water partition coefficient (Wildman–Crippen LogP) is 2.86. The van der Waals surface area contributed by atoms with E-state index in [-0.39, 0.29) is 6.10 Å². The van der Waals surface area contributed by atoms with E-state index < -0.39 is 17.6 Å². The van der Waals surface area contributed by atoms with E-state index in [2.05, 4.69) is 10.0 Å². The van der Waals surface area contributed by atoms with Gasteiger partial charge in [-0.05, 0) is 31.2 Å². The maximum atomic E-state index is 10.8. The Bertz CT molecular complexity index is 358. The molecular formula is C12H21N3O3. The van der Waals surface area contributed by atoms with Crippen molar-refractivity contribution < 1.29 is 14.6 Å². The zero-order valence-corrected chi connectivity index (χ0v) is 11.0. The molecule has 18 heavy (non-hydrogen) atoms. The molecule has 1 saturated heterocycles. The van der Waals surface area contributed by atoms with Crippen molar-refractivity contribution in [1.82, 2.24) is 0 Å². The molecule has 2 aliphatic rings. The zero-order chi connectivity index (χ0) is 13.2. The number of hydrogen-bond donors (Lipinski definition) is 1. The molecule has 6 nitrogen and oxygen atoms in total. The summed E-state index contributed by atoms with van der Waals surface area (Å²) in [5, 5.41) is 14.7. The lowest BCUT2D eigenvalue weighted by Crippen LogP contribution is -2.68. The van der Waals surface area contributed by atoms with Crippen LogP contribution in [0.2, 0.25) is 0 Å². The second-order valence-corrected chi connectivity index (χ2v) is 5.09. The van der Waals surface area contributed by atoms with Gasteiger partial charge in [-0.2, -0.15) is 0 Å². The molecule has 1 saturated carbocycles. The minimum Gasteiger partial charge on any atom is -0.365 e. The summed E-state index contributed by atoms with van der Waals surface area (Å²) in [4.78, 5) is 2.93. The van der Waals surface area contributed by atoms with E-state index in [1.807, 2.05) is 13.8 Å². The predicted molar refractivity (Wildman–Crippen MR) is 65.6 cm³/mol. The van der Waals surface area contributed by atoms with Crippen LogP contribution in [-0.2, 0) is 9.47 Å². The number of fused-ring (bicyclic) bond motifs is 1. The van der Waals surface area contributed by atoms with E-state index in [1.165, 1.54) is 0 Å². The highest BCUT2D eigenvalue weighted by Gasteiger charge is 2.61. The third kappa shape index (κ3) is 1.89. The van der Waals surface area contributed by atoms with Gasteiger partial charge in [0, 0.05) is 11.3 Å². The average molecular weight is 255 g/mol. The molecule has 0 bridgehead atoms. The van der Waals surface area contributed by atoms with Gasteiger partial charge in [-0.3, -0.25) is 0 Å². The van der Waals surface area contributed by atoms with Crippen LogP contribution in [0.15, 0.2) is 5.11 Å². The summed E-state index contributed by atoms with van der Waals surface area (Å²) in [5.74, 6) is -1.38. The Morgan fingerprint density at radius 2 is 2.06 bits per heavy atom. The van der Waals surface area contributed by atoms with Gasteiger partial charge in [0.25, 0.3) is 0 Å². The molecule has 2 rings (SSSR count). The lowest BCUT2D eigenvalue weighted by atomic mass is 9.71. The van der Waals surface area contributed by atoms with Gasteiger partial charge in [0.05, 0.1) is 6.10 Å². The summed E-state index contributed by atoms with van der Waals surface area (Å²) in [7, 11) is 0. The number of hydrogen-bond acceptors (Lipinski definition) is 4. The Hall–Kier alpha value is -0.810. The summed E-state index contributed by atoms with van der Waals surface area (Å²) in [6.07, 6.45) is 3.59. The fourth-order valence-corrected chi connectivity index (χ4v) is 3.17. The van der Waals surface area contributed by atoms with E-state index in [1.54, 1.807) is 0 Å². The second kappa shape index (κ2) is 5.05. The van der Waals surface area contributed by atoms with Gasteiger partial charge >= 0.3 is 0 Å². The second-order valence-electron chi connectivity index (χ2n) is 5.09. The highest BCUT2D eigenvalue weighted by Crippen LogP contribution is 2.49. The SMILES string of the molecule is CC[C@H]1O[C@@H](CC)[C@@]2(N=[N+]=[N-])CCCC[C@@]2(O)O1. The van der Waals surface area contributed by atoms with E-state index in [4.69, 9.17) is 15.0 Å². The van der Waals surface area contributed by atoms with Crippen molar-refractivity contribution in [3.8, 4) is 0 Å². The van der Waals surface area contributed by atoms with Crippen molar-refractivity contribution in [2.24, 2.45) is 5.11 Å². The first-order chi connectivity index (χ1) is 8.62. The van der Waals surface area contributed by atoms with Crippen LogP contribution < -0.4 is 0 Å². The standard InChI is InChI=1S/C12H21N3O3/c1-3-9-11(14-15-13)7-5-6-8-12(11,16)18-10(4-2)17-9/h9-10,16H,3-8H2,1-2H3/t9-,10-,11-,12+/m0/s1. The Labute approximate surface area is 107 Å². The Morgan fingerprint density at radius 3 is 2.67 bits per heavy atom. The molecule has 102 valence electrons. The molecule has 0 unspecified atom stereocenters. The Balaban J connectivity index is 2.41. The molecule has 0 aromatic carbocycles. The van der Waals surface area contributed by atoms with E-state index in [0.29, 0.717) is 25.7 Å². The number of azide groups is 1. The molecule has 6 heteroatoms. The summed E-state index contributed by atoms with van der Waals surface area (Å²) in [6.45, 7) is 3.93. The molecule has 1 aliphatic heterocycles. The van der Waals surface area contributed by atoms with Gasteiger partial charge in [0.1, 0.15) is 5.54 Å². The molecule has 0 amide bonds. The zero-order valence-electron chi connectivity index (χ0n) is 11.0. The Kier molecular flexibility index (Phi) is 3.82. The van der Waals surface area contributed by atoms with Crippen molar-refractivity contribution in [3.63, 3.8) is 0 Å². The molecule has 1 heterocycles. The maximum absolute atomic E-state index is 10.8. The maximum Gasteiger partial charge on any atom is 0.182 e. The third-order valence-corrected chi connectivity index (χ3v) is 4.10. The van der Waals surface area contributed by atoms with Crippen molar-refractivity contribution in [3.05, 3.63) is 10.4 Å². The Morgan fingerprint density at radius 1 is 1.33 bits per heavy atom. The fraction of sp³-hybridized carbons (Fsp3) is 1.00. The molecule has 0 aromatic rings. The molecule has 0 radical (unpaired) electrons. The van der Waals surface area contributed by atoms with Crippen molar-refractivity contribution in [2.75, 3.05) is 0 Å². The van der Waals surface area contributed by atoms with Crippen LogP contribution >= 0.6 is 0 Å². The topological polar surface area (TPSA) is 87.5 Å². The minimum atomic E-state index is -1.38. The van der Waals surface area contributed by atoms with E-state index >= 15 is 0 Å². The molecule has 0 aromatic heterocycles. The molecular weight excluding hydrogens is 234 g/mol. The summed E-state index contributed by atoms with van der Waals surface area (Å²) >= 11 is 0. The van der Waals surface area contributed by atoms with Gasteiger partial charge in [0.2, 0.25) is 0 Å². The first kappa shape index (κ1) is 13.6. The van der Waals surface area contributed by atoms with Crippen LogP contribution in [0.25, 0.3) is 10.4 Å². The van der Waals surface area contributed by atoms with Crippen LogP contribution in [0, 0.1) is 0 Å². The molecule has 1 N–H and O–H groups in total. The highest BCUT2D eigenvalue weighted by atomic mass is 16.8. The third-order valence-electron chi connectivity index (χ3n) is 4.10. The quantitative estimate of drug-likeness (QED) is 0.478. The number of nitrogens with zero attached hydrogens (tertiary/aromatic N) is 3. The highest BCUT2D eigenvalue weighted by molar-refractivity contribution is 5.10. The smallest absolute Gasteiger partial charge is 0.182 e. The number of ether oxygens (including phenoxy) is 2. The van der Waals surface area contributed by atoms with Crippen LogP contribution in [0.5, 0.6) is 0 Å². The monoisotopic (exact) mass is 255 g/mol. The van der Waals surface area contributed by atoms with Crippen molar-refractivity contribution in [2.45, 2.75) is 76.1 Å². The summed E-state index contributed by atoms with van der Waals surface area (Å²) in [5.41, 5.74) is 7.87. The first-order valence-corrected chi connectivity index (χ1v) is 6.73. The lowest BCUT2D eigenvalue weighted by molar-refractivity contribution is -0.392. The first-order valence-electron chi connectivity index (χ1n) is 6.73. The summed E-state index contributed by atoms with van der Waals surface area (Å²) in [6, 6.07) is 0. The minimum absolute atomic E-state index is 0.280. The van der Waals surface area contributed by atoms with E-state index in [0.717, 1.165) is 12.8 Å². The van der Waals surface area contributed by atoms with Crippen LogP contribution in [0.3, 0.4) is 0 Å². The van der Waals surface area contributed by atoms with Crippen LogP contribution in [0.1, 0.15) is 52.4 Å². The number of rotatable bonds is 3. The average Bonchev–Trinajstić information content (AvgIpc) is 2.37. The van der Waals surface area contributed by atoms with Gasteiger partial charge in [-0.1, -0.05) is 25.4 Å². The lowest BCUT2D eigenvalue weighted by Gasteiger charge is -2.55.